The Labute approximate surface area is 275 Å². The van der Waals surface area contributed by atoms with E-state index in [1.165, 1.54) is 14.2 Å². The van der Waals surface area contributed by atoms with Crippen molar-refractivity contribution in [2.45, 2.75) is 95.1 Å². The van der Waals surface area contributed by atoms with Crippen molar-refractivity contribution in [2.75, 3.05) is 60.2 Å². The summed E-state index contributed by atoms with van der Waals surface area (Å²) < 4.78 is 0. The number of halogens is 2. The third-order valence-electron chi connectivity index (χ3n) is 6.93. The zero-order valence-corrected chi connectivity index (χ0v) is 29.0. The van der Waals surface area contributed by atoms with Crippen molar-refractivity contribution in [1.82, 2.24) is 15.1 Å². The molecule has 6 unspecified atom stereocenters. The van der Waals surface area contributed by atoms with Gasteiger partial charge in [0, 0.05) is 62.4 Å². The summed E-state index contributed by atoms with van der Waals surface area (Å²) in [6.45, 7) is 9.52. The molecule has 13 nitrogen and oxygen atoms in total. The van der Waals surface area contributed by atoms with Crippen molar-refractivity contribution in [2.24, 2.45) is 0 Å². The number of hydrogen-bond acceptors (Lipinski definition) is 13. The molecule has 0 aliphatic carbocycles. The molecule has 238 valence electrons. The molecule has 0 aromatic carbocycles. The van der Waals surface area contributed by atoms with Crippen LogP contribution in [0.4, 0.5) is 0 Å². The van der Waals surface area contributed by atoms with E-state index in [2.05, 4.69) is 64.1 Å². The summed E-state index contributed by atoms with van der Waals surface area (Å²) in [5, 5.41) is 49.2. The van der Waals surface area contributed by atoms with Crippen LogP contribution in [0, 0.1) is 0 Å². The molecular weight excluding hydrogens is 751 g/mol. The molecule has 3 aliphatic heterocycles. The number of aliphatic hydroxyl groups excluding tert-OH is 4. The molecule has 0 radical (unpaired) electrons. The minimum absolute atomic E-state index is 0. The number of nitrogens with one attached hydrogen (secondary N) is 1. The summed E-state index contributed by atoms with van der Waals surface area (Å²) >= 11 is 4.24. The second-order valence-electron chi connectivity index (χ2n) is 9.48. The zero-order chi connectivity index (χ0) is 28.9. The summed E-state index contributed by atoms with van der Waals surface area (Å²) in [5.74, 6) is 0. The summed E-state index contributed by atoms with van der Waals surface area (Å²) in [7, 11) is 2.99. The van der Waals surface area contributed by atoms with Gasteiger partial charge in [-0.2, -0.15) is 0 Å². The van der Waals surface area contributed by atoms with Crippen molar-refractivity contribution < 1.29 is 69.4 Å². The van der Waals surface area contributed by atoms with E-state index in [9.17, 15) is 15.3 Å². The largest absolute Gasteiger partial charge is 1.00 e. The fraction of sp³-hybridized carbons (Fsp3) is 1.00. The Kier molecular flexibility index (Phi) is 33.6. The molecule has 0 saturated carbocycles. The molecule has 3 heterocycles. The average molecular weight is 803 g/mol. The molecule has 3 saturated heterocycles. The van der Waals surface area contributed by atoms with Crippen LogP contribution >= 0.6 is 37.2 Å². The standard InChI is InChI=1S/C9H19NO3.C8H17NO3.C7H15NO3.I2.Li.H2O/c1-3-10-5-4-9(11)6-8(10)7-13-12-2;1-2-9-4-3-6(10)5-7(9)8(11)12;1-10-11-5-6-4-7(9)2-3-8-6;1-2;;/h8-9,11H,3-7H2,1-2H3;6-8,10-12H,2-5H2,1H3;6-9H,2-5H2,1H3;;;1H2/q;;;;+1;/p-1. The second-order valence-corrected chi connectivity index (χ2v) is 9.48. The summed E-state index contributed by atoms with van der Waals surface area (Å²) in [4.78, 5) is 23.0. The molecule has 0 amide bonds. The summed E-state index contributed by atoms with van der Waals surface area (Å²) in [6.07, 6.45) is 2.39. The van der Waals surface area contributed by atoms with E-state index in [-0.39, 0.29) is 54.7 Å². The van der Waals surface area contributed by atoms with E-state index in [0.717, 1.165) is 64.8 Å². The van der Waals surface area contributed by atoms with Crippen molar-refractivity contribution in [3.8, 4) is 0 Å². The Bertz CT molecular complexity index is 555. The van der Waals surface area contributed by atoms with Crippen LogP contribution in [0.1, 0.15) is 52.4 Å². The van der Waals surface area contributed by atoms with Gasteiger partial charge in [0.15, 0.2) is 6.29 Å². The molecule has 3 rings (SSSR count). The van der Waals surface area contributed by atoms with E-state index in [0.29, 0.717) is 25.7 Å². The topological polar surface area (TPSA) is 187 Å². The third-order valence-corrected chi connectivity index (χ3v) is 6.93. The molecule has 0 aromatic rings. The number of piperidine rings is 3. The number of hydrogen-bond donors (Lipinski definition) is 6. The van der Waals surface area contributed by atoms with Gasteiger partial charge in [-0.3, -0.25) is 9.80 Å². The minimum atomic E-state index is -1.33. The number of rotatable bonds is 9. The Hall–Kier alpha value is 1.54. The molecule has 0 bridgehead atoms. The number of aliphatic hydroxyl groups is 5. The third kappa shape index (κ3) is 20.5. The number of likely N-dealkylation sites (N-methyl/N-ethyl adjacent to an activating group) is 2. The van der Waals surface area contributed by atoms with Crippen LogP contribution in [0.5, 0.6) is 0 Å². The van der Waals surface area contributed by atoms with Crippen LogP contribution in [0.2, 0.25) is 0 Å². The predicted molar refractivity (Wildman–Crippen MR) is 164 cm³/mol. The molecule has 16 heteroatoms. The Balaban J connectivity index is -0.000000487. The quantitative estimate of drug-likeness (QED) is 0.0487. The maximum Gasteiger partial charge on any atom is 1.00 e. The predicted octanol–water partition coefficient (Wildman–Crippen LogP) is -2.17. The Morgan fingerprint density at radius 1 is 0.800 bits per heavy atom. The van der Waals surface area contributed by atoms with Gasteiger partial charge in [-0.25, -0.2) is 19.6 Å². The van der Waals surface area contributed by atoms with E-state index < -0.39 is 6.29 Å². The first-order valence-electron chi connectivity index (χ1n) is 13.3. The fourth-order valence-corrected chi connectivity index (χ4v) is 4.80. The van der Waals surface area contributed by atoms with Crippen LogP contribution in [0.25, 0.3) is 0 Å². The van der Waals surface area contributed by atoms with Gasteiger partial charge in [-0.15, -0.1) is 0 Å². The molecule has 6 atom stereocenters. The van der Waals surface area contributed by atoms with Gasteiger partial charge < -0.3 is 36.3 Å². The Morgan fingerprint density at radius 3 is 1.80 bits per heavy atom. The molecule has 7 N–H and O–H groups in total. The van der Waals surface area contributed by atoms with Gasteiger partial charge in [0.2, 0.25) is 0 Å². The molecule has 3 fully saturated rings. The van der Waals surface area contributed by atoms with Crippen LogP contribution in [-0.2, 0) is 19.6 Å². The van der Waals surface area contributed by atoms with Crippen molar-refractivity contribution in [1.29, 1.82) is 0 Å². The molecule has 0 aromatic heterocycles. The second kappa shape index (κ2) is 29.3. The smallest absolute Gasteiger partial charge is 0.870 e. The van der Waals surface area contributed by atoms with Crippen LogP contribution in [-0.4, -0.2) is 144 Å². The van der Waals surface area contributed by atoms with Gasteiger partial charge >= 0.3 is 18.9 Å². The Morgan fingerprint density at radius 2 is 1.30 bits per heavy atom. The van der Waals surface area contributed by atoms with Gasteiger partial charge in [-0.1, -0.05) is 13.8 Å². The van der Waals surface area contributed by atoms with Gasteiger partial charge in [0.25, 0.3) is 0 Å². The van der Waals surface area contributed by atoms with E-state index in [1.54, 1.807) is 0 Å². The van der Waals surface area contributed by atoms with Crippen molar-refractivity contribution >= 4 is 37.2 Å². The van der Waals surface area contributed by atoms with Crippen LogP contribution in [0.3, 0.4) is 0 Å². The van der Waals surface area contributed by atoms with Crippen molar-refractivity contribution in [3.63, 3.8) is 0 Å². The van der Waals surface area contributed by atoms with E-state index in [1.807, 2.05) is 11.8 Å². The molecular formula is C24H52I2LiN3O10. The zero-order valence-electron chi connectivity index (χ0n) is 24.7. The molecule has 0 spiro atoms. The SMILES string of the molecule is CCN1CCC(O)CC1C(O)O.CCN1CCC(O)CC1COOC.COOCC1CC(O)CCN1.II.[Li+].[OH-]. The first kappa shape index (κ1) is 46.0. The maximum absolute atomic E-state index is 9.47. The monoisotopic (exact) mass is 803 g/mol. The summed E-state index contributed by atoms with van der Waals surface area (Å²) in [5.41, 5.74) is 0. The van der Waals surface area contributed by atoms with E-state index in [4.69, 9.17) is 20.0 Å². The first-order valence-corrected chi connectivity index (χ1v) is 19.6. The molecule has 3 aliphatic rings. The van der Waals surface area contributed by atoms with E-state index >= 15 is 0 Å². The molecule has 40 heavy (non-hydrogen) atoms. The summed E-state index contributed by atoms with van der Waals surface area (Å²) in [6, 6.07) is 0.242. The van der Waals surface area contributed by atoms with Gasteiger partial charge in [0.05, 0.1) is 51.8 Å². The minimum Gasteiger partial charge on any atom is -0.870 e. The normalized spacial score (nSPS) is 28.8. The van der Waals surface area contributed by atoms with Crippen LogP contribution < -0.4 is 24.2 Å². The maximum atomic E-state index is 9.47. The van der Waals surface area contributed by atoms with Gasteiger partial charge in [-0.05, 0) is 58.2 Å². The first-order chi connectivity index (χ1) is 18.2. The average Bonchev–Trinajstić information content (AvgIpc) is 2.92. The van der Waals surface area contributed by atoms with Gasteiger partial charge in [0.1, 0.15) is 0 Å². The van der Waals surface area contributed by atoms with Crippen molar-refractivity contribution in [3.05, 3.63) is 0 Å². The fourth-order valence-electron chi connectivity index (χ4n) is 4.80. The van der Waals surface area contributed by atoms with Crippen LogP contribution in [0.15, 0.2) is 0 Å². The number of likely N-dealkylation sites (tertiary alicyclic amines) is 2. The number of nitrogens with zero attached hydrogens (tertiary/aromatic N) is 2.